The first-order valence-corrected chi connectivity index (χ1v) is 7.13. The largest absolute Gasteiger partial charge is 0.481 e. The second-order valence-corrected chi connectivity index (χ2v) is 5.69. The second kappa shape index (κ2) is 5.24. The van der Waals surface area contributed by atoms with Crippen molar-refractivity contribution in [1.29, 1.82) is 0 Å². The van der Waals surface area contributed by atoms with Gasteiger partial charge in [0.15, 0.2) is 0 Å². The zero-order valence-corrected chi connectivity index (χ0v) is 11.8. The molecule has 110 valence electrons. The highest BCUT2D eigenvalue weighted by atomic mass is 16.4. The SMILES string of the molecule is Cc1ccc2c(CCNC(=O)[C@H]3C[C@H]3C(=O)O)c[nH]c2c1. The maximum absolute atomic E-state index is 11.8. The van der Waals surface area contributed by atoms with Crippen LogP contribution in [0.4, 0.5) is 0 Å². The minimum absolute atomic E-state index is 0.141. The molecule has 1 fully saturated rings. The van der Waals surface area contributed by atoms with Gasteiger partial charge in [-0.25, -0.2) is 0 Å². The number of rotatable bonds is 5. The average Bonchev–Trinajstić information content (AvgIpc) is 3.16. The molecule has 0 bridgehead atoms. The molecule has 2 aromatic rings. The highest BCUT2D eigenvalue weighted by Gasteiger charge is 2.48. The summed E-state index contributed by atoms with van der Waals surface area (Å²) in [5, 5.41) is 12.8. The molecule has 5 nitrogen and oxygen atoms in total. The van der Waals surface area contributed by atoms with E-state index in [1.807, 2.05) is 6.20 Å². The fourth-order valence-corrected chi connectivity index (χ4v) is 2.72. The van der Waals surface area contributed by atoms with Crippen molar-refractivity contribution in [3.05, 3.63) is 35.5 Å². The van der Waals surface area contributed by atoms with Gasteiger partial charge >= 0.3 is 5.97 Å². The number of hydrogen-bond acceptors (Lipinski definition) is 2. The predicted molar refractivity (Wildman–Crippen MR) is 79.0 cm³/mol. The van der Waals surface area contributed by atoms with E-state index in [0.717, 1.165) is 17.5 Å². The Kier molecular flexibility index (Phi) is 3.41. The van der Waals surface area contributed by atoms with Crippen LogP contribution in [0.15, 0.2) is 24.4 Å². The molecule has 1 amide bonds. The lowest BCUT2D eigenvalue weighted by Crippen LogP contribution is -2.28. The topological polar surface area (TPSA) is 82.2 Å². The number of carboxylic acid groups (broad SMARTS) is 1. The summed E-state index contributed by atoms with van der Waals surface area (Å²) >= 11 is 0. The maximum Gasteiger partial charge on any atom is 0.307 e. The fraction of sp³-hybridized carbons (Fsp3) is 0.375. The molecule has 0 saturated heterocycles. The molecule has 0 radical (unpaired) electrons. The summed E-state index contributed by atoms with van der Waals surface area (Å²) < 4.78 is 0. The van der Waals surface area contributed by atoms with Gasteiger partial charge in [-0.1, -0.05) is 12.1 Å². The van der Waals surface area contributed by atoms with Crippen LogP contribution in [0.5, 0.6) is 0 Å². The number of aromatic nitrogens is 1. The van der Waals surface area contributed by atoms with Gasteiger partial charge in [-0.15, -0.1) is 0 Å². The molecule has 0 unspecified atom stereocenters. The summed E-state index contributed by atoms with van der Waals surface area (Å²) in [5.41, 5.74) is 3.47. The lowest BCUT2D eigenvalue weighted by Gasteiger charge is -2.04. The zero-order chi connectivity index (χ0) is 15.0. The Bertz CT molecular complexity index is 705. The third-order valence-electron chi connectivity index (χ3n) is 4.06. The normalized spacial score (nSPS) is 20.4. The van der Waals surface area contributed by atoms with E-state index in [-0.39, 0.29) is 11.8 Å². The number of aliphatic carboxylic acids is 1. The van der Waals surface area contributed by atoms with E-state index in [2.05, 4.69) is 35.4 Å². The number of carbonyl (C=O) groups excluding carboxylic acids is 1. The second-order valence-electron chi connectivity index (χ2n) is 5.69. The Balaban J connectivity index is 1.55. The van der Waals surface area contributed by atoms with E-state index >= 15 is 0 Å². The summed E-state index contributed by atoms with van der Waals surface area (Å²) in [6.45, 7) is 2.58. The van der Waals surface area contributed by atoms with Gasteiger partial charge in [-0.3, -0.25) is 9.59 Å². The van der Waals surface area contributed by atoms with Gasteiger partial charge < -0.3 is 15.4 Å². The molecule has 0 aliphatic heterocycles. The molecule has 21 heavy (non-hydrogen) atoms. The molecule has 1 saturated carbocycles. The lowest BCUT2D eigenvalue weighted by atomic mass is 10.1. The molecule has 1 aliphatic carbocycles. The van der Waals surface area contributed by atoms with Crippen molar-refractivity contribution in [1.82, 2.24) is 10.3 Å². The van der Waals surface area contributed by atoms with E-state index < -0.39 is 11.9 Å². The first-order chi connectivity index (χ1) is 10.1. The molecule has 0 spiro atoms. The molecule has 1 aliphatic rings. The third-order valence-corrected chi connectivity index (χ3v) is 4.06. The van der Waals surface area contributed by atoms with Gasteiger partial charge in [-0.05, 0) is 37.0 Å². The van der Waals surface area contributed by atoms with Crippen LogP contribution in [0.1, 0.15) is 17.5 Å². The Labute approximate surface area is 122 Å². The minimum atomic E-state index is -0.873. The molecule has 3 N–H and O–H groups in total. The fourth-order valence-electron chi connectivity index (χ4n) is 2.72. The summed E-state index contributed by atoms with van der Waals surface area (Å²) in [4.78, 5) is 25.7. The molecule has 1 aromatic carbocycles. The third kappa shape index (κ3) is 2.77. The number of amides is 1. The van der Waals surface area contributed by atoms with Gasteiger partial charge in [0.05, 0.1) is 11.8 Å². The van der Waals surface area contributed by atoms with Crippen molar-refractivity contribution in [3.8, 4) is 0 Å². The van der Waals surface area contributed by atoms with Crippen molar-refractivity contribution in [3.63, 3.8) is 0 Å². The van der Waals surface area contributed by atoms with Crippen LogP contribution in [0.3, 0.4) is 0 Å². The maximum atomic E-state index is 11.8. The number of aromatic amines is 1. The molecule has 5 heteroatoms. The van der Waals surface area contributed by atoms with Crippen LogP contribution in [-0.4, -0.2) is 28.5 Å². The van der Waals surface area contributed by atoms with Crippen LogP contribution in [0, 0.1) is 18.8 Å². The van der Waals surface area contributed by atoms with Crippen molar-refractivity contribution in [2.75, 3.05) is 6.54 Å². The quantitative estimate of drug-likeness (QED) is 0.784. The highest BCUT2D eigenvalue weighted by molar-refractivity contribution is 5.89. The van der Waals surface area contributed by atoms with E-state index in [1.165, 1.54) is 10.9 Å². The number of nitrogens with one attached hydrogen (secondary N) is 2. The Morgan fingerprint density at radius 3 is 2.90 bits per heavy atom. The van der Waals surface area contributed by atoms with Crippen molar-refractivity contribution < 1.29 is 14.7 Å². The molecule has 2 atom stereocenters. The van der Waals surface area contributed by atoms with Crippen molar-refractivity contribution in [2.45, 2.75) is 19.8 Å². The van der Waals surface area contributed by atoms with Crippen molar-refractivity contribution in [2.24, 2.45) is 11.8 Å². The van der Waals surface area contributed by atoms with Gasteiger partial charge in [0, 0.05) is 23.6 Å². The Hall–Kier alpha value is -2.30. The number of carbonyl (C=O) groups is 2. The smallest absolute Gasteiger partial charge is 0.307 e. The minimum Gasteiger partial charge on any atom is -0.481 e. The van der Waals surface area contributed by atoms with E-state index in [4.69, 9.17) is 5.11 Å². The highest BCUT2D eigenvalue weighted by Crippen LogP contribution is 2.38. The molecule has 1 aromatic heterocycles. The number of fused-ring (bicyclic) bond motifs is 1. The predicted octanol–water partition coefficient (Wildman–Crippen LogP) is 1.86. The van der Waals surface area contributed by atoms with Crippen molar-refractivity contribution >= 4 is 22.8 Å². The number of H-pyrrole nitrogens is 1. The molecular weight excluding hydrogens is 268 g/mol. The zero-order valence-electron chi connectivity index (χ0n) is 11.8. The Morgan fingerprint density at radius 1 is 1.38 bits per heavy atom. The van der Waals surface area contributed by atoms with Gasteiger partial charge in [0.2, 0.25) is 5.91 Å². The number of carboxylic acids is 1. The summed E-state index contributed by atoms with van der Waals surface area (Å²) in [6.07, 6.45) is 3.17. The first-order valence-electron chi connectivity index (χ1n) is 7.13. The van der Waals surface area contributed by atoms with E-state index in [9.17, 15) is 9.59 Å². The summed E-state index contributed by atoms with van der Waals surface area (Å²) in [7, 11) is 0. The van der Waals surface area contributed by atoms with Crippen LogP contribution in [0.25, 0.3) is 10.9 Å². The first kappa shape index (κ1) is 13.7. The average molecular weight is 286 g/mol. The molecular formula is C16H18N2O3. The molecule has 1 heterocycles. The van der Waals surface area contributed by atoms with Crippen LogP contribution in [0.2, 0.25) is 0 Å². The van der Waals surface area contributed by atoms with Gasteiger partial charge in [0.1, 0.15) is 0 Å². The monoisotopic (exact) mass is 286 g/mol. The van der Waals surface area contributed by atoms with E-state index in [0.29, 0.717) is 13.0 Å². The number of hydrogen-bond donors (Lipinski definition) is 3. The Morgan fingerprint density at radius 2 is 2.19 bits per heavy atom. The van der Waals surface area contributed by atoms with E-state index in [1.54, 1.807) is 0 Å². The lowest BCUT2D eigenvalue weighted by molar-refractivity contribution is -0.140. The molecule has 3 rings (SSSR count). The van der Waals surface area contributed by atoms with Crippen LogP contribution >= 0.6 is 0 Å². The summed E-state index contributed by atoms with van der Waals surface area (Å²) in [5.74, 6) is -1.84. The summed E-state index contributed by atoms with van der Waals surface area (Å²) in [6, 6.07) is 6.25. The van der Waals surface area contributed by atoms with Crippen LogP contribution < -0.4 is 5.32 Å². The van der Waals surface area contributed by atoms with Gasteiger partial charge in [0.25, 0.3) is 0 Å². The van der Waals surface area contributed by atoms with Gasteiger partial charge in [-0.2, -0.15) is 0 Å². The standard InChI is InChI=1S/C16H18N2O3/c1-9-2-3-11-10(8-18-14(11)6-9)4-5-17-15(19)12-7-13(12)16(20)21/h2-3,6,8,12-13,18H,4-5,7H2,1H3,(H,17,19)(H,20,21)/t12-,13+/m0/s1. The van der Waals surface area contributed by atoms with Crippen LogP contribution in [-0.2, 0) is 16.0 Å². The number of aryl methyl sites for hydroxylation is 1. The number of benzene rings is 1.